The molecule has 3 heterocycles. The van der Waals surface area contributed by atoms with E-state index in [1.807, 2.05) is 12.1 Å². The Morgan fingerprint density at radius 2 is 1.84 bits per heavy atom. The Hall–Kier alpha value is -3.86. The number of rotatable bonds is 7. The first-order valence-corrected chi connectivity index (χ1v) is 10.5. The summed E-state index contributed by atoms with van der Waals surface area (Å²) in [5.74, 6) is -1.01. The number of nitrogens with zero attached hydrogens (tertiary/aromatic N) is 4. The van der Waals surface area contributed by atoms with Gasteiger partial charge in [0.2, 0.25) is 0 Å². The zero-order chi connectivity index (χ0) is 21.8. The van der Waals surface area contributed by atoms with Gasteiger partial charge in [-0.15, -0.1) is 0 Å². The summed E-state index contributed by atoms with van der Waals surface area (Å²) in [5, 5.41) is 3.08. The molecule has 0 radical (unpaired) electrons. The van der Waals surface area contributed by atoms with Crippen LogP contribution in [0.1, 0.15) is 5.56 Å². The van der Waals surface area contributed by atoms with Gasteiger partial charge in [-0.2, -0.15) is 0 Å². The summed E-state index contributed by atoms with van der Waals surface area (Å²) >= 11 is 0. The van der Waals surface area contributed by atoms with E-state index in [1.54, 1.807) is 29.5 Å². The molecular weight excluding hydrogens is 426 g/mol. The van der Waals surface area contributed by atoms with E-state index < -0.39 is 21.7 Å². The van der Waals surface area contributed by atoms with Crippen molar-refractivity contribution in [1.82, 2.24) is 19.5 Å². The molecule has 0 saturated carbocycles. The summed E-state index contributed by atoms with van der Waals surface area (Å²) in [6.07, 6.45) is 8.00. The first kappa shape index (κ1) is 20.4. The number of anilines is 2. The summed E-state index contributed by atoms with van der Waals surface area (Å²) in [6, 6.07) is 9.36. The number of nitrogens with one attached hydrogen (secondary N) is 2. The van der Waals surface area contributed by atoms with Gasteiger partial charge in [0.1, 0.15) is 22.9 Å². The smallest absolute Gasteiger partial charge is 0.263 e. The van der Waals surface area contributed by atoms with E-state index in [0.29, 0.717) is 12.4 Å². The molecule has 11 heteroatoms. The highest BCUT2D eigenvalue weighted by atomic mass is 32.2. The molecule has 0 saturated heterocycles. The fourth-order valence-corrected chi connectivity index (χ4v) is 3.67. The van der Waals surface area contributed by atoms with Crippen LogP contribution >= 0.6 is 0 Å². The lowest BCUT2D eigenvalue weighted by Crippen LogP contribution is -2.14. The molecule has 0 unspecified atom stereocenters. The third-order valence-electron chi connectivity index (χ3n) is 4.27. The number of aromatic nitrogens is 4. The largest absolute Gasteiger partial charge is 0.366 e. The van der Waals surface area contributed by atoms with Crippen molar-refractivity contribution in [2.45, 2.75) is 11.4 Å². The van der Waals surface area contributed by atoms with Crippen LogP contribution in [0.15, 0.2) is 78.5 Å². The third kappa shape index (κ3) is 4.83. The number of sulfonamides is 1. The predicted octanol–water partition coefficient (Wildman–Crippen LogP) is 3.35. The Morgan fingerprint density at radius 3 is 2.48 bits per heavy atom. The Balaban J connectivity index is 1.39. The quantitative estimate of drug-likeness (QED) is 0.455. The average molecular weight is 442 g/mol. The zero-order valence-corrected chi connectivity index (χ0v) is 16.7. The van der Waals surface area contributed by atoms with Crippen LogP contribution in [-0.4, -0.2) is 27.9 Å². The summed E-state index contributed by atoms with van der Waals surface area (Å²) in [5.41, 5.74) is 0.815. The molecule has 1 aromatic carbocycles. The van der Waals surface area contributed by atoms with Gasteiger partial charge in [-0.1, -0.05) is 6.07 Å². The molecule has 8 nitrogen and oxygen atoms in total. The van der Waals surface area contributed by atoms with Crippen LogP contribution < -0.4 is 10.0 Å². The topological polar surface area (TPSA) is 102 Å². The maximum absolute atomic E-state index is 13.3. The highest BCUT2D eigenvalue weighted by Gasteiger charge is 2.16. The molecule has 0 atom stereocenters. The van der Waals surface area contributed by atoms with Crippen LogP contribution in [0.2, 0.25) is 0 Å². The normalized spacial score (nSPS) is 11.3. The van der Waals surface area contributed by atoms with Gasteiger partial charge in [-0.05, 0) is 35.9 Å². The van der Waals surface area contributed by atoms with Crippen molar-refractivity contribution < 1.29 is 17.2 Å². The lowest BCUT2D eigenvalue weighted by molar-refractivity contribution is 0.509. The average Bonchev–Trinajstić information content (AvgIpc) is 3.30. The maximum atomic E-state index is 13.3. The first-order valence-electron chi connectivity index (χ1n) is 9.02. The molecule has 31 heavy (non-hydrogen) atoms. The molecule has 0 aliphatic carbocycles. The Labute approximate surface area is 176 Å². The first-order chi connectivity index (χ1) is 14.9. The van der Waals surface area contributed by atoms with Gasteiger partial charge < -0.3 is 5.32 Å². The van der Waals surface area contributed by atoms with Gasteiger partial charge in [0.25, 0.3) is 10.0 Å². The highest BCUT2D eigenvalue weighted by Crippen LogP contribution is 2.19. The SMILES string of the molecule is O=S(=O)(Nc1ccc(F)c(F)c1)c1ccc(NCc2ccc(-n3ccnc3)nc2)nc1. The molecule has 0 spiro atoms. The molecule has 158 valence electrons. The fourth-order valence-electron chi connectivity index (χ4n) is 2.68. The van der Waals surface area contributed by atoms with E-state index in [4.69, 9.17) is 0 Å². The van der Waals surface area contributed by atoms with Crippen LogP contribution in [0, 0.1) is 11.6 Å². The molecule has 0 fully saturated rings. The number of imidazole rings is 1. The monoisotopic (exact) mass is 442 g/mol. The number of benzene rings is 1. The summed E-state index contributed by atoms with van der Waals surface area (Å²) in [6.45, 7) is 0.434. The van der Waals surface area contributed by atoms with Gasteiger partial charge in [0.15, 0.2) is 11.6 Å². The number of hydrogen-bond donors (Lipinski definition) is 2. The summed E-state index contributed by atoms with van der Waals surface area (Å²) in [4.78, 5) is 12.3. The van der Waals surface area contributed by atoms with Gasteiger partial charge in [-0.3, -0.25) is 9.29 Å². The second-order valence-electron chi connectivity index (χ2n) is 6.46. The van der Waals surface area contributed by atoms with Gasteiger partial charge in [0, 0.05) is 37.4 Å². The summed E-state index contributed by atoms with van der Waals surface area (Å²) < 4.78 is 55.1. The van der Waals surface area contributed by atoms with E-state index >= 15 is 0 Å². The molecular formula is C20H16F2N6O2S. The van der Waals surface area contributed by atoms with E-state index in [0.717, 1.165) is 29.6 Å². The predicted molar refractivity (Wildman–Crippen MR) is 110 cm³/mol. The highest BCUT2D eigenvalue weighted by molar-refractivity contribution is 7.92. The Kier molecular flexibility index (Phi) is 5.58. The maximum Gasteiger partial charge on any atom is 0.263 e. The van der Waals surface area contributed by atoms with E-state index in [1.165, 1.54) is 18.3 Å². The van der Waals surface area contributed by atoms with Gasteiger partial charge in [0.05, 0.1) is 5.69 Å². The van der Waals surface area contributed by atoms with Crippen LogP contribution in [0.4, 0.5) is 20.3 Å². The molecule has 3 aromatic heterocycles. The molecule has 4 rings (SSSR count). The van der Waals surface area contributed by atoms with Crippen molar-refractivity contribution in [3.63, 3.8) is 0 Å². The van der Waals surface area contributed by atoms with Crippen molar-refractivity contribution in [2.24, 2.45) is 0 Å². The number of hydrogen-bond acceptors (Lipinski definition) is 6. The Morgan fingerprint density at radius 1 is 0.968 bits per heavy atom. The minimum atomic E-state index is -4.00. The van der Waals surface area contributed by atoms with Crippen molar-refractivity contribution >= 4 is 21.5 Å². The number of pyridine rings is 2. The molecule has 0 aliphatic heterocycles. The van der Waals surface area contributed by atoms with Crippen LogP contribution in [-0.2, 0) is 16.6 Å². The third-order valence-corrected chi connectivity index (χ3v) is 5.64. The minimum absolute atomic E-state index is 0.0901. The molecule has 4 aromatic rings. The standard InChI is InChI=1S/C20H16F2N6O2S/c21-17-4-2-15(9-18(17)22)27-31(29,30)16-3-5-19(25-12-16)24-10-14-1-6-20(26-11-14)28-8-7-23-13-28/h1-9,11-13,27H,10H2,(H,24,25). The molecule has 2 N–H and O–H groups in total. The van der Waals surface area contributed by atoms with Crippen LogP contribution in [0.25, 0.3) is 5.82 Å². The number of halogens is 2. The van der Waals surface area contributed by atoms with Crippen molar-refractivity contribution in [1.29, 1.82) is 0 Å². The Bertz CT molecular complexity index is 1280. The van der Waals surface area contributed by atoms with Crippen molar-refractivity contribution in [3.05, 3.63) is 90.8 Å². The van der Waals surface area contributed by atoms with E-state index in [-0.39, 0.29) is 10.6 Å². The lowest BCUT2D eigenvalue weighted by Gasteiger charge is -2.10. The fraction of sp³-hybridized carbons (Fsp3) is 0.0500. The second kappa shape index (κ2) is 8.48. The van der Waals surface area contributed by atoms with Gasteiger partial charge >= 0.3 is 0 Å². The summed E-state index contributed by atoms with van der Waals surface area (Å²) in [7, 11) is -4.00. The second-order valence-corrected chi connectivity index (χ2v) is 8.14. The van der Waals surface area contributed by atoms with Gasteiger partial charge in [-0.25, -0.2) is 32.2 Å². The lowest BCUT2D eigenvalue weighted by atomic mass is 10.3. The molecule has 0 aliphatic rings. The van der Waals surface area contributed by atoms with E-state index in [2.05, 4.69) is 25.0 Å². The zero-order valence-electron chi connectivity index (χ0n) is 15.9. The van der Waals surface area contributed by atoms with Crippen molar-refractivity contribution in [2.75, 3.05) is 10.0 Å². The molecule has 0 bridgehead atoms. The van der Waals surface area contributed by atoms with Crippen LogP contribution in [0.5, 0.6) is 0 Å². The molecule has 0 amide bonds. The van der Waals surface area contributed by atoms with E-state index in [9.17, 15) is 17.2 Å². The minimum Gasteiger partial charge on any atom is -0.366 e. The van der Waals surface area contributed by atoms with Crippen LogP contribution in [0.3, 0.4) is 0 Å². The van der Waals surface area contributed by atoms with Crippen molar-refractivity contribution in [3.8, 4) is 5.82 Å².